The van der Waals surface area contributed by atoms with E-state index in [0.717, 1.165) is 30.2 Å². The zero-order valence-corrected chi connectivity index (χ0v) is 11.6. The van der Waals surface area contributed by atoms with Crippen molar-refractivity contribution in [2.24, 2.45) is 0 Å². The summed E-state index contributed by atoms with van der Waals surface area (Å²) in [4.78, 5) is 24.9. The molecule has 3 rings (SSSR count). The van der Waals surface area contributed by atoms with Crippen LogP contribution in [-0.4, -0.2) is 44.3 Å². The zero-order valence-electron chi connectivity index (χ0n) is 11.6. The van der Waals surface area contributed by atoms with E-state index in [9.17, 15) is 9.59 Å². The van der Waals surface area contributed by atoms with E-state index in [0.29, 0.717) is 0 Å². The van der Waals surface area contributed by atoms with Crippen molar-refractivity contribution < 1.29 is 14.7 Å². The largest absolute Gasteiger partial charge is 0.480 e. The molecule has 6 heteroatoms. The van der Waals surface area contributed by atoms with Gasteiger partial charge in [-0.3, -0.25) is 14.3 Å². The molecule has 0 bridgehead atoms. The molecule has 1 aliphatic rings. The molecule has 0 aliphatic heterocycles. The Balaban J connectivity index is 1.78. The second-order valence-electron chi connectivity index (χ2n) is 5.36. The van der Waals surface area contributed by atoms with E-state index in [1.54, 1.807) is 10.9 Å². The molecule has 1 aliphatic carbocycles. The van der Waals surface area contributed by atoms with Crippen molar-refractivity contribution in [1.29, 1.82) is 0 Å². The fourth-order valence-electron chi connectivity index (χ4n) is 2.64. The quantitative estimate of drug-likeness (QED) is 0.904. The van der Waals surface area contributed by atoms with Gasteiger partial charge in [0.15, 0.2) is 0 Å². The second-order valence-corrected chi connectivity index (χ2v) is 5.36. The van der Waals surface area contributed by atoms with Crippen LogP contribution in [0.2, 0.25) is 0 Å². The summed E-state index contributed by atoms with van der Waals surface area (Å²) < 4.78 is 1.63. The van der Waals surface area contributed by atoms with Crippen LogP contribution in [0.5, 0.6) is 0 Å². The fourth-order valence-corrected chi connectivity index (χ4v) is 2.64. The standard InChI is InChI=1S/C15H17N3O3/c19-14(17(10-15(20)21)12-5-3-6-12)9-18-13-7-2-1-4-11(13)8-16-18/h1-2,4,7-8,12H,3,5-6,9-10H2,(H,20,21). The summed E-state index contributed by atoms with van der Waals surface area (Å²) in [6.07, 6.45) is 4.55. The number of carbonyl (C=O) groups is 2. The summed E-state index contributed by atoms with van der Waals surface area (Å²) >= 11 is 0. The maximum Gasteiger partial charge on any atom is 0.323 e. The molecular formula is C15H17N3O3. The molecular weight excluding hydrogens is 270 g/mol. The van der Waals surface area contributed by atoms with Crippen molar-refractivity contribution in [1.82, 2.24) is 14.7 Å². The molecule has 1 amide bonds. The number of carboxylic acid groups (broad SMARTS) is 1. The van der Waals surface area contributed by atoms with E-state index in [1.165, 1.54) is 4.90 Å². The SMILES string of the molecule is O=C(O)CN(C(=O)Cn1ncc2ccccc21)C1CCC1. The summed E-state index contributed by atoms with van der Waals surface area (Å²) in [6.45, 7) is -0.153. The summed E-state index contributed by atoms with van der Waals surface area (Å²) in [5.41, 5.74) is 0.884. The maximum absolute atomic E-state index is 12.4. The number of amides is 1. The van der Waals surface area contributed by atoms with Gasteiger partial charge in [0.25, 0.3) is 0 Å². The fraction of sp³-hybridized carbons (Fsp3) is 0.400. The third kappa shape index (κ3) is 2.74. The number of nitrogens with zero attached hydrogens (tertiary/aromatic N) is 3. The summed E-state index contributed by atoms with van der Waals surface area (Å²) in [5, 5.41) is 14.2. The van der Waals surface area contributed by atoms with E-state index >= 15 is 0 Å². The molecule has 1 saturated carbocycles. The van der Waals surface area contributed by atoms with Gasteiger partial charge in [0, 0.05) is 11.4 Å². The number of fused-ring (bicyclic) bond motifs is 1. The van der Waals surface area contributed by atoms with Gasteiger partial charge in [0.05, 0.1) is 11.7 Å². The minimum atomic E-state index is -0.972. The Morgan fingerprint density at radius 3 is 2.76 bits per heavy atom. The molecule has 1 heterocycles. The van der Waals surface area contributed by atoms with Crippen LogP contribution in [0, 0.1) is 0 Å². The van der Waals surface area contributed by atoms with E-state index in [-0.39, 0.29) is 25.0 Å². The summed E-state index contributed by atoms with van der Waals surface area (Å²) in [6, 6.07) is 7.72. The molecule has 21 heavy (non-hydrogen) atoms. The van der Waals surface area contributed by atoms with Crippen LogP contribution in [0.15, 0.2) is 30.5 Å². The van der Waals surface area contributed by atoms with E-state index in [2.05, 4.69) is 5.10 Å². The van der Waals surface area contributed by atoms with Crippen LogP contribution in [0.3, 0.4) is 0 Å². The minimum Gasteiger partial charge on any atom is -0.480 e. The Kier molecular flexibility index (Phi) is 3.60. The van der Waals surface area contributed by atoms with E-state index in [4.69, 9.17) is 5.11 Å². The highest BCUT2D eigenvalue weighted by Crippen LogP contribution is 2.25. The van der Waals surface area contributed by atoms with Gasteiger partial charge in [-0.25, -0.2) is 0 Å². The third-order valence-electron chi connectivity index (χ3n) is 3.98. The molecule has 1 fully saturated rings. The molecule has 2 aromatic rings. The highest BCUT2D eigenvalue weighted by molar-refractivity contribution is 5.84. The van der Waals surface area contributed by atoms with Gasteiger partial charge < -0.3 is 10.0 Å². The van der Waals surface area contributed by atoms with E-state index < -0.39 is 5.97 Å². The van der Waals surface area contributed by atoms with Crippen LogP contribution >= 0.6 is 0 Å². The minimum absolute atomic E-state index is 0.0652. The lowest BCUT2D eigenvalue weighted by molar-refractivity contribution is -0.148. The lowest BCUT2D eigenvalue weighted by atomic mass is 9.91. The Morgan fingerprint density at radius 2 is 2.10 bits per heavy atom. The number of carboxylic acids is 1. The predicted octanol–water partition coefficient (Wildman–Crippen LogP) is 1.50. The molecule has 1 N–H and O–H groups in total. The van der Waals surface area contributed by atoms with Gasteiger partial charge in [-0.2, -0.15) is 5.10 Å². The summed E-state index contributed by atoms with van der Waals surface area (Å²) in [7, 11) is 0. The molecule has 0 atom stereocenters. The first-order chi connectivity index (χ1) is 10.1. The zero-order chi connectivity index (χ0) is 14.8. The van der Waals surface area contributed by atoms with Crippen LogP contribution in [0.4, 0.5) is 0 Å². The first kappa shape index (κ1) is 13.6. The van der Waals surface area contributed by atoms with Crippen molar-refractivity contribution in [3.8, 4) is 0 Å². The Morgan fingerprint density at radius 1 is 1.33 bits per heavy atom. The number of hydrogen-bond donors (Lipinski definition) is 1. The highest BCUT2D eigenvalue weighted by Gasteiger charge is 2.30. The number of rotatable bonds is 5. The van der Waals surface area contributed by atoms with Gasteiger partial charge in [-0.1, -0.05) is 18.2 Å². The first-order valence-electron chi connectivity index (χ1n) is 7.07. The van der Waals surface area contributed by atoms with Gasteiger partial charge in [0.1, 0.15) is 13.1 Å². The van der Waals surface area contributed by atoms with Gasteiger partial charge >= 0.3 is 5.97 Å². The number of para-hydroxylation sites is 1. The smallest absolute Gasteiger partial charge is 0.323 e. The number of aliphatic carboxylic acids is 1. The molecule has 0 saturated heterocycles. The molecule has 0 unspecified atom stereocenters. The molecule has 1 aromatic carbocycles. The molecule has 0 spiro atoms. The highest BCUT2D eigenvalue weighted by atomic mass is 16.4. The molecule has 0 radical (unpaired) electrons. The van der Waals surface area contributed by atoms with Crippen LogP contribution in [0.25, 0.3) is 10.9 Å². The molecule has 1 aromatic heterocycles. The van der Waals surface area contributed by atoms with Crippen molar-refractivity contribution in [2.45, 2.75) is 31.8 Å². The normalized spacial score (nSPS) is 14.9. The maximum atomic E-state index is 12.4. The van der Waals surface area contributed by atoms with Gasteiger partial charge in [0.2, 0.25) is 5.91 Å². The average Bonchev–Trinajstić information content (AvgIpc) is 2.79. The van der Waals surface area contributed by atoms with Crippen LogP contribution in [-0.2, 0) is 16.1 Å². The number of hydrogen-bond acceptors (Lipinski definition) is 3. The molecule has 6 nitrogen and oxygen atoms in total. The predicted molar refractivity (Wildman–Crippen MR) is 76.7 cm³/mol. The number of benzene rings is 1. The average molecular weight is 287 g/mol. The van der Waals surface area contributed by atoms with E-state index in [1.807, 2.05) is 24.3 Å². The van der Waals surface area contributed by atoms with Crippen molar-refractivity contribution in [3.05, 3.63) is 30.5 Å². The van der Waals surface area contributed by atoms with Crippen LogP contribution in [0.1, 0.15) is 19.3 Å². The number of carbonyl (C=O) groups excluding carboxylic acids is 1. The van der Waals surface area contributed by atoms with Gasteiger partial charge in [-0.15, -0.1) is 0 Å². The van der Waals surface area contributed by atoms with Crippen molar-refractivity contribution in [3.63, 3.8) is 0 Å². The lowest BCUT2D eigenvalue weighted by Gasteiger charge is -2.36. The summed E-state index contributed by atoms with van der Waals surface area (Å²) in [5.74, 6) is -1.16. The second kappa shape index (κ2) is 5.55. The first-order valence-corrected chi connectivity index (χ1v) is 7.07. The Bertz CT molecular complexity index is 676. The Labute approximate surface area is 122 Å². The number of aromatic nitrogens is 2. The van der Waals surface area contributed by atoms with Crippen molar-refractivity contribution in [2.75, 3.05) is 6.54 Å². The van der Waals surface area contributed by atoms with Gasteiger partial charge in [-0.05, 0) is 25.3 Å². The topological polar surface area (TPSA) is 75.4 Å². The third-order valence-corrected chi connectivity index (χ3v) is 3.98. The van der Waals surface area contributed by atoms with Crippen molar-refractivity contribution >= 4 is 22.8 Å². The Hall–Kier alpha value is -2.37. The van der Waals surface area contributed by atoms with Crippen LogP contribution < -0.4 is 0 Å². The monoisotopic (exact) mass is 287 g/mol. The molecule has 110 valence electrons. The lowest BCUT2D eigenvalue weighted by Crippen LogP contribution is -2.48.